The molecule has 3 heteroatoms. The fraction of sp³-hybridized carbons (Fsp3) is 0.583. The Morgan fingerprint density at radius 2 is 2.00 bits per heavy atom. The summed E-state index contributed by atoms with van der Waals surface area (Å²) in [5.41, 5.74) is 0.249. The van der Waals surface area contributed by atoms with Gasteiger partial charge in [-0.15, -0.1) is 0 Å². The van der Waals surface area contributed by atoms with Crippen molar-refractivity contribution in [3.05, 3.63) is 22.8 Å². The number of rotatable bonds is 2. The van der Waals surface area contributed by atoms with Crippen molar-refractivity contribution in [1.82, 2.24) is 4.98 Å². The zero-order chi connectivity index (χ0) is 10.7. The number of halogens is 1. The molecule has 1 aliphatic carbocycles. The van der Waals surface area contributed by atoms with E-state index < -0.39 is 0 Å². The summed E-state index contributed by atoms with van der Waals surface area (Å²) in [6, 6.07) is 4.06. The van der Waals surface area contributed by atoms with E-state index in [0.717, 1.165) is 10.3 Å². The quantitative estimate of drug-likeness (QED) is 0.878. The van der Waals surface area contributed by atoms with Gasteiger partial charge in [-0.1, -0.05) is 19.3 Å². The highest BCUT2D eigenvalue weighted by Gasteiger charge is 2.26. The number of nitrogens with zero attached hydrogens (tertiary/aromatic N) is 1. The lowest BCUT2D eigenvalue weighted by atomic mass is 9.83. The smallest absolute Gasteiger partial charge is 0.126 e. The zero-order valence-electron chi connectivity index (χ0n) is 9.09. The molecule has 0 aromatic carbocycles. The highest BCUT2D eigenvalue weighted by atomic mass is 79.9. The Kier molecular flexibility index (Phi) is 3.29. The van der Waals surface area contributed by atoms with Crippen molar-refractivity contribution in [1.29, 1.82) is 0 Å². The van der Waals surface area contributed by atoms with Crippen LogP contribution in [-0.2, 0) is 0 Å². The van der Waals surface area contributed by atoms with Gasteiger partial charge in [0.1, 0.15) is 5.82 Å². The van der Waals surface area contributed by atoms with E-state index in [1.807, 2.05) is 18.3 Å². The highest BCUT2D eigenvalue weighted by molar-refractivity contribution is 9.10. The molecule has 0 atom stereocenters. The molecule has 0 saturated heterocycles. The van der Waals surface area contributed by atoms with E-state index in [0.29, 0.717) is 0 Å². The van der Waals surface area contributed by atoms with Crippen molar-refractivity contribution >= 4 is 21.7 Å². The molecule has 0 bridgehead atoms. The van der Waals surface area contributed by atoms with Crippen LogP contribution in [0.2, 0.25) is 0 Å². The van der Waals surface area contributed by atoms with Gasteiger partial charge in [-0.05, 0) is 47.8 Å². The third-order valence-electron chi connectivity index (χ3n) is 3.11. The number of hydrogen-bond donors (Lipinski definition) is 1. The second-order valence-corrected chi connectivity index (χ2v) is 5.52. The van der Waals surface area contributed by atoms with Crippen LogP contribution in [0.5, 0.6) is 0 Å². The van der Waals surface area contributed by atoms with Crippen LogP contribution in [-0.4, -0.2) is 10.5 Å². The molecule has 1 fully saturated rings. The molecule has 1 aromatic heterocycles. The lowest BCUT2D eigenvalue weighted by Crippen LogP contribution is -2.37. The monoisotopic (exact) mass is 268 g/mol. The van der Waals surface area contributed by atoms with Gasteiger partial charge >= 0.3 is 0 Å². The predicted octanol–water partition coefficient (Wildman–Crippen LogP) is 3.98. The largest absolute Gasteiger partial charge is 0.365 e. The van der Waals surface area contributed by atoms with Crippen LogP contribution in [0.1, 0.15) is 39.0 Å². The standard InChI is InChI=1S/C12H17BrN2/c1-12(7-3-2-4-8-12)15-11-6-5-10(13)9-14-11/h5-6,9H,2-4,7-8H2,1H3,(H,14,15). The number of pyridine rings is 1. The summed E-state index contributed by atoms with van der Waals surface area (Å²) < 4.78 is 1.03. The Labute approximate surface area is 99.6 Å². The van der Waals surface area contributed by atoms with Gasteiger partial charge in [0.05, 0.1) is 0 Å². The van der Waals surface area contributed by atoms with Gasteiger partial charge in [-0.3, -0.25) is 0 Å². The molecule has 0 radical (unpaired) electrons. The lowest BCUT2D eigenvalue weighted by molar-refractivity contribution is 0.348. The summed E-state index contributed by atoms with van der Waals surface area (Å²) in [5, 5.41) is 3.55. The molecule has 2 rings (SSSR count). The first-order chi connectivity index (χ1) is 7.18. The molecule has 2 nitrogen and oxygen atoms in total. The topological polar surface area (TPSA) is 24.9 Å². The van der Waals surface area contributed by atoms with Crippen LogP contribution in [0.25, 0.3) is 0 Å². The molecular weight excluding hydrogens is 252 g/mol. The van der Waals surface area contributed by atoms with Crippen molar-refractivity contribution in [2.75, 3.05) is 5.32 Å². The highest BCUT2D eigenvalue weighted by Crippen LogP contribution is 2.30. The SMILES string of the molecule is CC1(Nc2ccc(Br)cn2)CCCCC1. The maximum Gasteiger partial charge on any atom is 0.126 e. The Hall–Kier alpha value is -0.570. The number of aromatic nitrogens is 1. The number of hydrogen-bond acceptors (Lipinski definition) is 2. The fourth-order valence-electron chi connectivity index (χ4n) is 2.22. The van der Waals surface area contributed by atoms with Crippen LogP contribution >= 0.6 is 15.9 Å². The molecular formula is C12H17BrN2. The lowest BCUT2D eigenvalue weighted by Gasteiger charge is -2.35. The first kappa shape index (κ1) is 10.9. The average molecular weight is 269 g/mol. The normalized spacial score (nSPS) is 19.9. The van der Waals surface area contributed by atoms with Crippen LogP contribution in [0.3, 0.4) is 0 Å². The third-order valence-corrected chi connectivity index (χ3v) is 3.58. The van der Waals surface area contributed by atoms with Crippen molar-refractivity contribution in [2.24, 2.45) is 0 Å². The van der Waals surface area contributed by atoms with Crippen LogP contribution in [0.4, 0.5) is 5.82 Å². The van der Waals surface area contributed by atoms with Crippen LogP contribution < -0.4 is 5.32 Å². The summed E-state index contributed by atoms with van der Waals surface area (Å²) >= 11 is 3.39. The number of anilines is 1. The molecule has 1 aromatic rings. The average Bonchev–Trinajstić information content (AvgIpc) is 2.22. The van der Waals surface area contributed by atoms with E-state index >= 15 is 0 Å². The van der Waals surface area contributed by atoms with E-state index in [9.17, 15) is 0 Å². The van der Waals surface area contributed by atoms with E-state index in [-0.39, 0.29) is 5.54 Å². The van der Waals surface area contributed by atoms with Gasteiger partial charge in [-0.2, -0.15) is 0 Å². The van der Waals surface area contributed by atoms with E-state index in [2.05, 4.69) is 33.2 Å². The number of nitrogens with one attached hydrogen (secondary N) is 1. The second-order valence-electron chi connectivity index (χ2n) is 4.61. The van der Waals surface area contributed by atoms with Gasteiger partial charge in [-0.25, -0.2) is 4.98 Å². The Bertz CT molecular complexity index is 315. The summed E-state index contributed by atoms with van der Waals surface area (Å²) in [7, 11) is 0. The maximum absolute atomic E-state index is 4.36. The van der Waals surface area contributed by atoms with Crippen molar-refractivity contribution in [2.45, 2.75) is 44.6 Å². The second kappa shape index (κ2) is 4.52. The van der Waals surface area contributed by atoms with Crippen LogP contribution in [0, 0.1) is 0 Å². The van der Waals surface area contributed by atoms with E-state index in [4.69, 9.17) is 0 Å². The van der Waals surface area contributed by atoms with E-state index in [1.165, 1.54) is 32.1 Å². The summed E-state index contributed by atoms with van der Waals surface area (Å²) in [6.45, 7) is 2.30. The zero-order valence-corrected chi connectivity index (χ0v) is 10.7. The molecule has 0 spiro atoms. The molecule has 1 heterocycles. The van der Waals surface area contributed by atoms with E-state index in [1.54, 1.807) is 0 Å². The molecule has 0 aliphatic heterocycles. The van der Waals surface area contributed by atoms with Gasteiger partial charge in [0, 0.05) is 16.2 Å². The molecule has 1 aliphatic rings. The predicted molar refractivity (Wildman–Crippen MR) is 67.0 cm³/mol. The molecule has 82 valence electrons. The molecule has 15 heavy (non-hydrogen) atoms. The molecule has 0 amide bonds. The van der Waals surface area contributed by atoms with Crippen molar-refractivity contribution in [3.63, 3.8) is 0 Å². The molecule has 0 unspecified atom stereocenters. The first-order valence-corrected chi connectivity index (χ1v) is 6.37. The Balaban J connectivity index is 2.03. The molecule has 1 N–H and O–H groups in total. The maximum atomic E-state index is 4.36. The minimum absolute atomic E-state index is 0.249. The fourth-order valence-corrected chi connectivity index (χ4v) is 2.45. The van der Waals surface area contributed by atoms with Crippen LogP contribution in [0.15, 0.2) is 22.8 Å². The van der Waals surface area contributed by atoms with Crippen molar-refractivity contribution in [3.8, 4) is 0 Å². The summed E-state index contributed by atoms with van der Waals surface area (Å²) in [5.74, 6) is 0.989. The third kappa shape index (κ3) is 2.94. The summed E-state index contributed by atoms with van der Waals surface area (Å²) in [4.78, 5) is 4.36. The Morgan fingerprint density at radius 3 is 2.60 bits per heavy atom. The minimum Gasteiger partial charge on any atom is -0.365 e. The minimum atomic E-state index is 0.249. The first-order valence-electron chi connectivity index (χ1n) is 5.58. The van der Waals surface area contributed by atoms with Gasteiger partial charge in [0.15, 0.2) is 0 Å². The van der Waals surface area contributed by atoms with Gasteiger partial charge in [0.25, 0.3) is 0 Å². The summed E-state index contributed by atoms with van der Waals surface area (Å²) in [6.07, 6.45) is 8.40. The van der Waals surface area contributed by atoms with Gasteiger partial charge < -0.3 is 5.32 Å². The molecule has 1 saturated carbocycles. The van der Waals surface area contributed by atoms with Crippen molar-refractivity contribution < 1.29 is 0 Å². The van der Waals surface area contributed by atoms with Gasteiger partial charge in [0.2, 0.25) is 0 Å². The Morgan fingerprint density at radius 1 is 1.27 bits per heavy atom.